The lowest BCUT2D eigenvalue weighted by atomic mass is 9.84. The normalized spacial score (nSPS) is 22.3. The predicted octanol–water partition coefficient (Wildman–Crippen LogP) is 2.54. The first kappa shape index (κ1) is 18.4. The van der Waals surface area contributed by atoms with Crippen molar-refractivity contribution in [3.63, 3.8) is 0 Å². The van der Waals surface area contributed by atoms with Gasteiger partial charge in [0, 0.05) is 50.0 Å². The van der Waals surface area contributed by atoms with E-state index in [-0.39, 0.29) is 17.0 Å². The quantitative estimate of drug-likeness (QED) is 0.852. The van der Waals surface area contributed by atoms with Crippen LogP contribution in [0.2, 0.25) is 0 Å². The minimum absolute atomic E-state index is 0.000181. The maximum Gasteiger partial charge on any atom is 0.256 e. The highest BCUT2D eigenvalue weighted by molar-refractivity contribution is 5.93. The Morgan fingerprint density at radius 3 is 2.31 bits per heavy atom. The molecule has 29 heavy (non-hydrogen) atoms. The Labute approximate surface area is 170 Å². The molecule has 0 unspecified atom stereocenters. The monoisotopic (exact) mass is 394 g/mol. The molecule has 0 aromatic carbocycles. The highest BCUT2D eigenvalue weighted by atomic mass is 16.5. The second-order valence-corrected chi connectivity index (χ2v) is 8.41. The molecule has 0 radical (unpaired) electrons. The van der Waals surface area contributed by atoms with Crippen LogP contribution in [-0.2, 0) is 10.3 Å². The van der Waals surface area contributed by atoms with Crippen molar-refractivity contribution in [2.24, 2.45) is 0 Å². The Hall–Kier alpha value is -2.61. The summed E-state index contributed by atoms with van der Waals surface area (Å²) < 4.78 is 6.06. The lowest BCUT2D eigenvalue weighted by molar-refractivity contribution is -0.107. The van der Waals surface area contributed by atoms with Crippen LogP contribution in [0.1, 0.15) is 60.9 Å². The molecule has 5 rings (SSSR count). The third-order valence-corrected chi connectivity index (χ3v) is 6.51. The van der Waals surface area contributed by atoms with Gasteiger partial charge in [-0.3, -0.25) is 4.79 Å². The number of aromatic nitrogens is 4. The van der Waals surface area contributed by atoms with Gasteiger partial charge in [0.25, 0.3) is 5.91 Å². The summed E-state index contributed by atoms with van der Waals surface area (Å²) in [6.07, 6.45) is 15.7. The van der Waals surface area contributed by atoms with Crippen molar-refractivity contribution in [1.29, 1.82) is 0 Å². The highest BCUT2D eigenvalue weighted by Crippen LogP contribution is 2.47. The van der Waals surface area contributed by atoms with Gasteiger partial charge >= 0.3 is 0 Å². The number of rotatable bonds is 4. The van der Waals surface area contributed by atoms with Gasteiger partial charge in [-0.2, -0.15) is 0 Å². The van der Waals surface area contributed by atoms with E-state index in [0.717, 1.165) is 63.8 Å². The third kappa shape index (κ3) is 3.69. The van der Waals surface area contributed by atoms with Gasteiger partial charge in [0.15, 0.2) is 0 Å². The fourth-order valence-corrected chi connectivity index (χ4v) is 4.48. The molecule has 2 aromatic rings. The van der Waals surface area contributed by atoms with Crippen LogP contribution in [0.3, 0.4) is 0 Å². The number of hydrogen-bond acceptors (Lipinski definition) is 7. The SMILES string of the molecule is O=C(c1cnc(NC2(c3cncnc3)CC2)nc1)N1CCC2(CCCCO2)CC1. The first-order valence-corrected chi connectivity index (χ1v) is 10.5. The minimum atomic E-state index is -0.187. The summed E-state index contributed by atoms with van der Waals surface area (Å²) in [5, 5.41) is 3.39. The number of nitrogens with zero attached hydrogens (tertiary/aromatic N) is 5. The van der Waals surface area contributed by atoms with E-state index in [0.29, 0.717) is 11.5 Å². The number of carbonyl (C=O) groups is 1. The number of nitrogens with one attached hydrogen (secondary N) is 1. The zero-order valence-electron chi connectivity index (χ0n) is 16.5. The molecule has 0 atom stereocenters. The second-order valence-electron chi connectivity index (χ2n) is 8.41. The van der Waals surface area contributed by atoms with Gasteiger partial charge in [-0.25, -0.2) is 19.9 Å². The van der Waals surface area contributed by atoms with Crippen molar-refractivity contribution in [3.05, 3.63) is 42.2 Å². The van der Waals surface area contributed by atoms with Crippen LogP contribution in [0.4, 0.5) is 5.95 Å². The first-order valence-electron chi connectivity index (χ1n) is 10.5. The van der Waals surface area contributed by atoms with Crippen LogP contribution in [0.5, 0.6) is 0 Å². The molecule has 2 saturated heterocycles. The number of anilines is 1. The molecule has 3 aliphatic rings. The molecule has 1 N–H and O–H groups in total. The van der Waals surface area contributed by atoms with E-state index in [9.17, 15) is 4.79 Å². The van der Waals surface area contributed by atoms with E-state index in [2.05, 4.69) is 25.3 Å². The topological polar surface area (TPSA) is 93.1 Å². The Kier molecular flexibility index (Phi) is 4.66. The van der Waals surface area contributed by atoms with Crippen LogP contribution in [0, 0.1) is 0 Å². The maximum atomic E-state index is 12.9. The summed E-state index contributed by atoms with van der Waals surface area (Å²) in [5.41, 5.74) is 1.38. The fraction of sp³-hybridized carbons (Fsp3) is 0.571. The average molecular weight is 394 g/mol. The van der Waals surface area contributed by atoms with Crippen LogP contribution in [0.15, 0.2) is 31.1 Å². The van der Waals surface area contributed by atoms with Gasteiger partial charge in [0.05, 0.1) is 16.7 Å². The van der Waals surface area contributed by atoms with E-state index < -0.39 is 0 Å². The average Bonchev–Trinajstić information content (AvgIpc) is 3.56. The molecule has 8 heteroatoms. The lowest BCUT2D eigenvalue weighted by Gasteiger charge is -2.43. The van der Waals surface area contributed by atoms with E-state index in [1.165, 1.54) is 12.7 Å². The molecule has 1 aliphatic carbocycles. The summed E-state index contributed by atoms with van der Waals surface area (Å²) in [5.74, 6) is 0.524. The molecule has 152 valence electrons. The van der Waals surface area contributed by atoms with E-state index in [1.54, 1.807) is 12.4 Å². The minimum Gasteiger partial charge on any atom is -0.375 e. The lowest BCUT2D eigenvalue weighted by Crippen LogP contribution is -2.49. The summed E-state index contributed by atoms with van der Waals surface area (Å²) >= 11 is 0. The van der Waals surface area contributed by atoms with Gasteiger partial charge in [0.1, 0.15) is 6.33 Å². The summed E-state index contributed by atoms with van der Waals surface area (Å²) in [7, 11) is 0. The first-order chi connectivity index (χ1) is 14.2. The van der Waals surface area contributed by atoms with Crippen molar-refractivity contribution < 1.29 is 9.53 Å². The van der Waals surface area contributed by atoms with E-state index in [1.807, 2.05) is 17.3 Å². The molecule has 8 nitrogen and oxygen atoms in total. The molecule has 1 amide bonds. The van der Waals surface area contributed by atoms with Gasteiger partial charge in [-0.05, 0) is 44.9 Å². The molecule has 2 aliphatic heterocycles. The standard InChI is InChI=1S/C21H26N6O2/c28-18(27-8-6-20(7-9-27)3-1-2-10-29-20)16-11-24-19(25-12-16)26-21(4-5-21)17-13-22-15-23-14-17/h11-15H,1-10H2,(H,24,25,26). The third-order valence-electron chi connectivity index (χ3n) is 6.51. The van der Waals surface area contributed by atoms with Crippen LogP contribution in [-0.4, -0.2) is 56.0 Å². The smallest absolute Gasteiger partial charge is 0.256 e. The van der Waals surface area contributed by atoms with Crippen molar-refractivity contribution in [2.75, 3.05) is 25.0 Å². The molecule has 1 saturated carbocycles. The highest BCUT2D eigenvalue weighted by Gasteiger charge is 2.45. The van der Waals surface area contributed by atoms with Crippen LogP contribution < -0.4 is 5.32 Å². The fourth-order valence-electron chi connectivity index (χ4n) is 4.48. The molecule has 0 bridgehead atoms. The zero-order valence-corrected chi connectivity index (χ0v) is 16.5. The van der Waals surface area contributed by atoms with Crippen molar-refractivity contribution >= 4 is 11.9 Å². The van der Waals surface area contributed by atoms with Gasteiger partial charge < -0.3 is 15.0 Å². The Balaban J connectivity index is 1.21. The number of carbonyl (C=O) groups excluding carboxylic acids is 1. The molecule has 1 spiro atoms. The van der Waals surface area contributed by atoms with E-state index in [4.69, 9.17) is 4.74 Å². The largest absolute Gasteiger partial charge is 0.375 e. The van der Waals surface area contributed by atoms with Gasteiger partial charge in [0.2, 0.25) is 5.95 Å². The number of ether oxygens (including phenoxy) is 1. The zero-order chi connectivity index (χ0) is 19.7. The second kappa shape index (κ2) is 7.33. The molecule has 4 heterocycles. The maximum absolute atomic E-state index is 12.9. The van der Waals surface area contributed by atoms with Crippen molar-refractivity contribution in [3.8, 4) is 0 Å². The van der Waals surface area contributed by atoms with Crippen molar-refractivity contribution in [2.45, 2.75) is 56.1 Å². The summed E-state index contributed by atoms with van der Waals surface area (Å²) in [6.45, 7) is 2.32. The molecular weight excluding hydrogens is 368 g/mol. The van der Waals surface area contributed by atoms with Crippen LogP contribution >= 0.6 is 0 Å². The van der Waals surface area contributed by atoms with Gasteiger partial charge in [-0.1, -0.05) is 0 Å². The summed E-state index contributed by atoms with van der Waals surface area (Å²) in [4.78, 5) is 31.8. The predicted molar refractivity (Wildman–Crippen MR) is 106 cm³/mol. The Morgan fingerprint density at radius 2 is 1.69 bits per heavy atom. The van der Waals surface area contributed by atoms with Crippen LogP contribution in [0.25, 0.3) is 0 Å². The Bertz CT molecular complexity index is 852. The molecule has 3 fully saturated rings. The molecular formula is C21H26N6O2. The Morgan fingerprint density at radius 1 is 0.966 bits per heavy atom. The number of likely N-dealkylation sites (tertiary alicyclic amines) is 1. The number of piperidine rings is 1. The molecule has 2 aromatic heterocycles. The van der Waals surface area contributed by atoms with Crippen molar-refractivity contribution in [1.82, 2.24) is 24.8 Å². The number of hydrogen-bond donors (Lipinski definition) is 1. The summed E-state index contributed by atoms with van der Waals surface area (Å²) in [6, 6.07) is 0. The van der Waals surface area contributed by atoms with E-state index >= 15 is 0 Å². The number of amides is 1. The van der Waals surface area contributed by atoms with Gasteiger partial charge in [-0.15, -0.1) is 0 Å².